The summed E-state index contributed by atoms with van der Waals surface area (Å²) in [5, 5.41) is 1.50. The Morgan fingerprint density at radius 1 is 0.605 bits per heavy atom. The SMILES string of the molecule is Cc1cccc(C)c1N1C2=CC3SC4CC(N(c5ccccc5)C5C=CC=CC5)CC5Sc6ccccc6B(C3C=C2B2c3ccccc3N(c3ccccc3)C3CC(N(C6=CC=CCC6)C6CCCCC6)CC1C23)C54. The number of fused-ring (bicyclic) bond motifs is 8. The van der Waals surface area contributed by atoms with Crippen molar-refractivity contribution in [2.45, 2.75) is 165 Å². The Balaban J connectivity index is 0.915. The van der Waals surface area contributed by atoms with Gasteiger partial charge in [0.25, 0.3) is 0 Å². The Morgan fingerprint density at radius 2 is 1.33 bits per heavy atom. The topological polar surface area (TPSA) is 13.0 Å². The van der Waals surface area contributed by atoms with Gasteiger partial charge in [-0.2, -0.15) is 11.8 Å². The first kappa shape index (κ1) is 47.8. The number of para-hydroxylation sites is 4. The minimum absolute atomic E-state index is 0.305. The molecule has 0 N–H and O–H groups in total. The van der Waals surface area contributed by atoms with Crippen LogP contribution in [-0.4, -0.2) is 70.3 Å². The summed E-state index contributed by atoms with van der Waals surface area (Å²) < 4.78 is 0. The molecule has 6 aliphatic carbocycles. The lowest BCUT2D eigenvalue weighted by Gasteiger charge is -2.63. The van der Waals surface area contributed by atoms with Gasteiger partial charge in [0.2, 0.25) is 6.71 Å². The molecule has 15 rings (SSSR count). The minimum atomic E-state index is 0.305. The van der Waals surface area contributed by atoms with E-state index in [1.165, 1.54) is 108 Å². The molecule has 382 valence electrons. The van der Waals surface area contributed by atoms with Gasteiger partial charge in [0.15, 0.2) is 6.71 Å². The molecule has 4 nitrogen and oxygen atoms in total. The van der Waals surface area contributed by atoms with Gasteiger partial charge in [-0.05, 0) is 149 Å². The highest BCUT2D eigenvalue weighted by Crippen LogP contribution is 2.63. The molecule has 10 aliphatic rings. The molecule has 0 radical (unpaired) electrons. The van der Waals surface area contributed by atoms with E-state index in [9.17, 15) is 0 Å². The summed E-state index contributed by atoms with van der Waals surface area (Å²) in [4.78, 5) is 13.4. The van der Waals surface area contributed by atoms with Crippen molar-refractivity contribution in [1.29, 1.82) is 0 Å². The molecule has 2 saturated heterocycles. The maximum absolute atomic E-state index is 3.07. The van der Waals surface area contributed by atoms with Crippen LogP contribution in [0.4, 0.5) is 22.7 Å². The van der Waals surface area contributed by atoms with E-state index in [0.29, 0.717) is 82.9 Å². The number of hydrogen-bond donors (Lipinski definition) is 0. The third-order valence-corrected chi connectivity index (χ3v) is 23.3. The molecule has 0 aromatic heterocycles. The highest BCUT2D eigenvalue weighted by atomic mass is 32.2. The maximum Gasteiger partial charge on any atom is 0.221 e. The van der Waals surface area contributed by atoms with Gasteiger partial charge in [-0.3, -0.25) is 0 Å². The molecule has 76 heavy (non-hydrogen) atoms. The van der Waals surface area contributed by atoms with E-state index >= 15 is 0 Å². The van der Waals surface area contributed by atoms with E-state index < -0.39 is 0 Å². The number of aryl methyl sites for hydroxylation is 2. The molecule has 8 heteroatoms. The quantitative estimate of drug-likeness (QED) is 0.143. The molecule has 5 aromatic rings. The second kappa shape index (κ2) is 19.8. The van der Waals surface area contributed by atoms with Crippen molar-refractivity contribution in [3.63, 3.8) is 0 Å². The van der Waals surface area contributed by atoms with Gasteiger partial charge in [-0.15, -0.1) is 11.8 Å². The summed E-state index contributed by atoms with van der Waals surface area (Å²) in [5.41, 5.74) is 16.3. The first-order valence-corrected chi connectivity index (χ1v) is 31.3. The summed E-state index contributed by atoms with van der Waals surface area (Å²) >= 11 is 4.62. The smallest absolute Gasteiger partial charge is 0.221 e. The number of allylic oxidation sites excluding steroid dienone is 8. The molecule has 0 amide bonds. The van der Waals surface area contributed by atoms with Crippen LogP contribution < -0.4 is 25.6 Å². The molecular formula is C68H72B2N4S2. The monoisotopic (exact) mass is 1030 g/mol. The van der Waals surface area contributed by atoms with Crippen molar-refractivity contribution in [3.8, 4) is 0 Å². The van der Waals surface area contributed by atoms with Crippen LogP contribution in [-0.2, 0) is 0 Å². The Kier molecular flexibility index (Phi) is 12.4. The van der Waals surface area contributed by atoms with Crippen molar-refractivity contribution in [2.24, 2.45) is 0 Å². The summed E-state index contributed by atoms with van der Waals surface area (Å²) in [6, 6.07) is 52.1. The molecule has 5 aromatic carbocycles. The highest BCUT2D eigenvalue weighted by molar-refractivity contribution is 8.02. The van der Waals surface area contributed by atoms with Crippen LogP contribution in [0.15, 0.2) is 204 Å². The highest BCUT2D eigenvalue weighted by Gasteiger charge is 2.62. The van der Waals surface area contributed by atoms with Crippen LogP contribution in [0.25, 0.3) is 0 Å². The zero-order chi connectivity index (χ0) is 50.4. The predicted octanol–water partition coefficient (Wildman–Crippen LogP) is 14.8. The van der Waals surface area contributed by atoms with Crippen molar-refractivity contribution >= 4 is 70.6 Å². The number of benzene rings is 5. The second-order valence-corrected chi connectivity index (χ2v) is 26.9. The molecule has 11 unspecified atom stereocenters. The van der Waals surface area contributed by atoms with Crippen molar-refractivity contribution in [2.75, 3.05) is 14.7 Å². The van der Waals surface area contributed by atoms with Crippen molar-refractivity contribution < 1.29 is 0 Å². The van der Waals surface area contributed by atoms with Gasteiger partial charge in [0.1, 0.15) is 0 Å². The normalized spacial score (nSPS) is 30.9. The van der Waals surface area contributed by atoms with E-state index in [4.69, 9.17) is 0 Å². The van der Waals surface area contributed by atoms with Crippen molar-refractivity contribution in [3.05, 3.63) is 210 Å². The van der Waals surface area contributed by atoms with E-state index in [0.717, 1.165) is 19.3 Å². The fourth-order valence-electron chi connectivity index (χ4n) is 17.4. The number of rotatable bonds is 8. The van der Waals surface area contributed by atoms with Crippen LogP contribution in [0, 0.1) is 13.8 Å². The van der Waals surface area contributed by atoms with Crippen LogP contribution in [0.1, 0.15) is 88.2 Å². The number of hydrogen-bond acceptors (Lipinski definition) is 6. The molecule has 0 bridgehead atoms. The minimum Gasteiger partial charge on any atom is -0.369 e. The summed E-state index contributed by atoms with van der Waals surface area (Å²) in [5.74, 6) is 1.43. The van der Waals surface area contributed by atoms with E-state index in [2.05, 4.69) is 239 Å². The lowest BCUT2D eigenvalue weighted by molar-refractivity contribution is 0.100. The van der Waals surface area contributed by atoms with Crippen LogP contribution >= 0.6 is 23.5 Å². The summed E-state index contributed by atoms with van der Waals surface area (Å²) in [6.45, 7) is 5.61. The van der Waals surface area contributed by atoms with E-state index in [-0.39, 0.29) is 0 Å². The standard InChI is InChI=1S/C68H72B2N4S2/c1-45-23-22-24-46(2)68(45)74-59-44-63-57(70-55-36-19-21-38-62(55)75-64-41-53(42-65(76-63)67(64)70)72(49-29-12-5-13-30-49)50-31-14-6-15-32-50)43-56(59)69-54-35-18-20-37-58(54)73(51-33-16-7-17-34-51)60-39-52(40-61(74)66(60)69)71(47-25-8-3-9-26-47)48-27-10-4-11-28-48/h3,5-8,12-25,29-31,33-38,43-44,48,50,52-53,57,60-61,63-67H,4,9-11,26-28,32,39-42H2,1-2H3. The molecule has 4 aliphatic heterocycles. The Labute approximate surface area is 462 Å². The zero-order valence-corrected chi connectivity index (χ0v) is 46.1. The van der Waals surface area contributed by atoms with Gasteiger partial charge >= 0.3 is 0 Å². The second-order valence-electron chi connectivity index (χ2n) is 24.2. The Bertz CT molecular complexity index is 3180. The summed E-state index contributed by atoms with van der Waals surface area (Å²) in [6.07, 6.45) is 37.4. The fraction of sp³-hybridized carbons (Fsp3) is 0.382. The average molecular weight is 1030 g/mol. The van der Waals surface area contributed by atoms with Gasteiger partial charge in [-0.25, -0.2) is 0 Å². The third-order valence-electron chi connectivity index (χ3n) is 20.2. The maximum atomic E-state index is 3.07. The summed E-state index contributed by atoms with van der Waals surface area (Å²) in [7, 11) is 0. The number of anilines is 4. The van der Waals surface area contributed by atoms with E-state index in [1.54, 1.807) is 16.6 Å². The fourth-order valence-corrected chi connectivity index (χ4v) is 21.1. The molecule has 0 spiro atoms. The average Bonchev–Trinajstić information content (AvgIpc) is 3.66. The third kappa shape index (κ3) is 7.94. The molecular weight excluding hydrogens is 959 g/mol. The van der Waals surface area contributed by atoms with Crippen LogP contribution in [0.3, 0.4) is 0 Å². The van der Waals surface area contributed by atoms with Crippen LogP contribution in [0.2, 0.25) is 17.5 Å². The van der Waals surface area contributed by atoms with Gasteiger partial charge in [0.05, 0.1) is 6.04 Å². The Hall–Kier alpha value is -5.43. The van der Waals surface area contributed by atoms with Crippen LogP contribution in [0.5, 0.6) is 0 Å². The number of nitrogens with zero attached hydrogens (tertiary/aromatic N) is 4. The largest absolute Gasteiger partial charge is 0.369 e. The lowest BCUT2D eigenvalue weighted by atomic mass is 9.23. The molecule has 11 atom stereocenters. The molecule has 3 saturated carbocycles. The predicted molar refractivity (Wildman–Crippen MR) is 327 cm³/mol. The Morgan fingerprint density at radius 3 is 2.11 bits per heavy atom. The first-order chi connectivity index (χ1) is 37.6. The molecule has 5 fully saturated rings. The van der Waals surface area contributed by atoms with Gasteiger partial charge in [0, 0.05) is 85.0 Å². The number of thioether (sulfide) groups is 2. The lowest BCUT2D eigenvalue weighted by Crippen LogP contribution is -2.69. The van der Waals surface area contributed by atoms with Crippen molar-refractivity contribution in [1.82, 2.24) is 4.90 Å². The van der Waals surface area contributed by atoms with Gasteiger partial charge < -0.3 is 19.6 Å². The first-order valence-electron chi connectivity index (χ1n) is 29.5. The zero-order valence-electron chi connectivity index (χ0n) is 44.5. The van der Waals surface area contributed by atoms with E-state index in [1.807, 2.05) is 0 Å². The van der Waals surface area contributed by atoms with Gasteiger partial charge in [-0.1, -0.05) is 169 Å². The molecule has 4 heterocycles.